The number of carbonyl (C=O) groups excluding carboxylic acids is 1. The van der Waals surface area contributed by atoms with E-state index in [4.69, 9.17) is 14.2 Å². The first-order chi connectivity index (χ1) is 16.6. The van der Waals surface area contributed by atoms with E-state index < -0.39 is 5.60 Å². The van der Waals surface area contributed by atoms with Crippen LogP contribution in [-0.2, 0) is 19.0 Å². The molecule has 0 unspecified atom stereocenters. The fourth-order valence-corrected chi connectivity index (χ4v) is 9.94. The van der Waals surface area contributed by atoms with Crippen molar-refractivity contribution in [1.29, 1.82) is 0 Å². The maximum atomic E-state index is 12.4. The maximum absolute atomic E-state index is 12.4. The molecule has 6 nitrogen and oxygen atoms in total. The molecule has 0 aromatic heterocycles. The lowest BCUT2D eigenvalue weighted by Crippen LogP contribution is -2.62. The van der Waals surface area contributed by atoms with E-state index in [0.717, 1.165) is 64.2 Å². The highest BCUT2D eigenvalue weighted by atomic mass is 16.7. The summed E-state index contributed by atoms with van der Waals surface area (Å²) in [5, 5.41) is 15.5. The average molecular weight is 492 g/mol. The molecule has 0 radical (unpaired) electrons. The minimum absolute atomic E-state index is 0.0273. The predicted octanol–water partition coefficient (Wildman–Crippen LogP) is 4.47. The average Bonchev–Trinajstić information content (AvgIpc) is 3.10. The number of methoxy groups -OCH3 is 1. The zero-order valence-corrected chi connectivity index (χ0v) is 22.8. The van der Waals surface area contributed by atoms with Gasteiger partial charge in [0.1, 0.15) is 5.78 Å². The Morgan fingerprint density at radius 1 is 1.03 bits per heavy atom. The van der Waals surface area contributed by atoms with Crippen molar-refractivity contribution in [3.05, 3.63) is 0 Å². The second kappa shape index (κ2) is 9.34. The van der Waals surface area contributed by atoms with Crippen LogP contribution in [0.3, 0.4) is 0 Å². The predicted molar refractivity (Wildman–Crippen MR) is 135 cm³/mol. The second-order valence-electron chi connectivity index (χ2n) is 13.2. The van der Waals surface area contributed by atoms with Crippen molar-refractivity contribution in [2.45, 2.75) is 128 Å². The van der Waals surface area contributed by atoms with Crippen LogP contribution in [0.5, 0.6) is 0 Å². The fraction of sp³-hybridized carbons (Fsp3) is 0.966. The van der Waals surface area contributed by atoms with Crippen LogP contribution in [0.25, 0.3) is 0 Å². The standard InChI is InChI=1S/C29H49NO5/c1-17(31)21-11-14-29(32)23-8-7-19-15-20(9-12-27(19,3)22(23)10-13-28(21,29)4)35-25-16-24(33-6)26(30-5)18(2)34-25/h18-26,30,32H,7-16H2,1-6H3/t18-,19+,20+,21-,22+,23-,24+,25+,26-,27+,28-,29+/m1/s1. The maximum Gasteiger partial charge on any atom is 0.160 e. The first-order valence-corrected chi connectivity index (χ1v) is 14.3. The monoisotopic (exact) mass is 491 g/mol. The van der Waals surface area contributed by atoms with Gasteiger partial charge in [0.2, 0.25) is 0 Å². The van der Waals surface area contributed by atoms with E-state index in [0.29, 0.717) is 17.8 Å². The first kappa shape index (κ1) is 26.1. The Labute approximate surface area is 212 Å². The largest absolute Gasteiger partial charge is 0.389 e. The number of aliphatic hydroxyl groups is 1. The molecular weight excluding hydrogens is 442 g/mol. The van der Waals surface area contributed by atoms with Gasteiger partial charge in [-0.25, -0.2) is 0 Å². The lowest BCUT2D eigenvalue weighted by Gasteiger charge is -2.63. The summed E-state index contributed by atoms with van der Waals surface area (Å²) in [6.07, 6.45) is 10.3. The number of ether oxygens (including phenoxy) is 3. The zero-order chi connectivity index (χ0) is 25.2. The van der Waals surface area contributed by atoms with Crippen LogP contribution < -0.4 is 5.32 Å². The molecule has 1 heterocycles. The van der Waals surface area contributed by atoms with E-state index in [-0.39, 0.29) is 53.2 Å². The first-order valence-electron chi connectivity index (χ1n) is 14.3. The number of likely N-dealkylation sites (N-methyl/N-ethyl adjacent to an activating group) is 1. The van der Waals surface area contributed by atoms with E-state index in [9.17, 15) is 9.90 Å². The number of hydrogen-bond acceptors (Lipinski definition) is 6. The van der Waals surface area contributed by atoms with E-state index in [2.05, 4.69) is 26.1 Å². The van der Waals surface area contributed by atoms with Gasteiger partial charge in [-0.2, -0.15) is 0 Å². The van der Waals surface area contributed by atoms with Gasteiger partial charge in [0, 0.05) is 24.9 Å². The van der Waals surface area contributed by atoms with Crippen molar-refractivity contribution >= 4 is 5.78 Å². The summed E-state index contributed by atoms with van der Waals surface area (Å²) in [5.41, 5.74) is -0.679. The molecule has 1 aliphatic heterocycles. The van der Waals surface area contributed by atoms with Gasteiger partial charge in [0.25, 0.3) is 0 Å². The van der Waals surface area contributed by atoms with Gasteiger partial charge >= 0.3 is 0 Å². The molecule has 5 aliphatic rings. The lowest BCUT2D eigenvalue weighted by molar-refractivity contribution is -0.257. The van der Waals surface area contributed by atoms with Crippen LogP contribution >= 0.6 is 0 Å². The van der Waals surface area contributed by atoms with Crippen molar-refractivity contribution in [2.24, 2.45) is 34.5 Å². The zero-order valence-electron chi connectivity index (χ0n) is 22.8. The summed E-state index contributed by atoms with van der Waals surface area (Å²) < 4.78 is 18.6. The van der Waals surface area contributed by atoms with Crippen molar-refractivity contribution in [2.75, 3.05) is 14.2 Å². The molecule has 0 bridgehead atoms. The normalized spacial score (nSPS) is 54.0. The Kier molecular flexibility index (Phi) is 6.96. The summed E-state index contributed by atoms with van der Waals surface area (Å²) in [5.74, 6) is 1.80. The Balaban J connectivity index is 1.26. The van der Waals surface area contributed by atoms with E-state index in [1.165, 1.54) is 0 Å². The number of Topliss-reactive ketones (excluding diaryl/α,β-unsaturated/α-hetero) is 1. The van der Waals surface area contributed by atoms with Crippen molar-refractivity contribution in [3.63, 3.8) is 0 Å². The molecule has 0 aromatic rings. The van der Waals surface area contributed by atoms with E-state index in [1.807, 2.05) is 7.05 Å². The van der Waals surface area contributed by atoms with Crippen LogP contribution in [0.2, 0.25) is 0 Å². The number of fused-ring (bicyclic) bond motifs is 5. The Hall–Kier alpha value is -0.530. The molecule has 5 rings (SSSR count). The summed E-state index contributed by atoms with van der Waals surface area (Å²) >= 11 is 0. The lowest BCUT2D eigenvalue weighted by atomic mass is 9.43. The van der Waals surface area contributed by atoms with Crippen LogP contribution in [0.4, 0.5) is 0 Å². The molecule has 0 amide bonds. The van der Waals surface area contributed by atoms with E-state index >= 15 is 0 Å². The van der Waals surface area contributed by atoms with Crippen molar-refractivity contribution < 1.29 is 24.1 Å². The molecule has 4 saturated carbocycles. The van der Waals surface area contributed by atoms with Crippen LogP contribution in [0.1, 0.15) is 91.9 Å². The Bertz CT molecular complexity index is 806. The number of hydrogen-bond donors (Lipinski definition) is 2. The van der Waals surface area contributed by atoms with Crippen LogP contribution in [0.15, 0.2) is 0 Å². The van der Waals surface area contributed by atoms with Crippen molar-refractivity contribution in [3.8, 4) is 0 Å². The minimum Gasteiger partial charge on any atom is -0.389 e. The molecule has 5 fully saturated rings. The summed E-state index contributed by atoms with van der Waals surface area (Å²) in [6.45, 7) is 8.56. The molecule has 4 aliphatic carbocycles. The molecule has 0 aromatic carbocycles. The molecule has 12 atom stereocenters. The molecular formula is C29H49NO5. The number of nitrogens with one attached hydrogen (secondary N) is 1. The Morgan fingerprint density at radius 3 is 2.49 bits per heavy atom. The molecule has 0 spiro atoms. The summed E-state index contributed by atoms with van der Waals surface area (Å²) in [7, 11) is 3.74. The van der Waals surface area contributed by atoms with Crippen LogP contribution in [0, 0.1) is 34.5 Å². The highest BCUT2D eigenvalue weighted by Crippen LogP contribution is 2.69. The van der Waals surface area contributed by atoms with Crippen molar-refractivity contribution in [1.82, 2.24) is 5.32 Å². The quantitative estimate of drug-likeness (QED) is 0.553. The number of ketones is 1. The second-order valence-corrected chi connectivity index (χ2v) is 13.2. The number of carbonyl (C=O) groups is 1. The van der Waals surface area contributed by atoms with Gasteiger partial charge in [-0.3, -0.25) is 4.79 Å². The Morgan fingerprint density at radius 2 is 1.80 bits per heavy atom. The molecule has 200 valence electrons. The third-order valence-electron chi connectivity index (χ3n) is 12.0. The number of rotatable bonds is 5. The third kappa shape index (κ3) is 3.96. The van der Waals surface area contributed by atoms with Gasteiger partial charge in [0.15, 0.2) is 6.29 Å². The van der Waals surface area contributed by atoms with Crippen LogP contribution in [-0.4, -0.2) is 61.3 Å². The minimum atomic E-state index is -0.682. The SMILES string of the molecule is CN[C@H]1[C@@H](OC)C[C@H](O[C@H]2CC[C@@]3(C)[C@@H](CC[C@@H]4[C@@H]3CC[C@]3(C)[C@@H](C(C)=O)CC[C@]43O)C2)O[C@@H]1C. The topological polar surface area (TPSA) is 77.0 Å². The molecule has 6 heteroatoms. The summed E-state index contributed by atoms with van der Waals surface area (Å²) in [6, 6.07) is 0.186. The molecule has 1 saturated heterocycles. The third-order valence-corrected chi connectivity index (χ3v) is 12.0. The van der Waals surface area contributed by atoms with Gasteiger partial charge in [-0.05, 0) is 102 Å². The van der Waals surface area contributed by atoms with Gasteiger partial charge in [-0.15, -0.1) is 0 Å². The molecule has 35 heavy (non-hydrogen) atoms. The molecule has 2 N–H and O–H groups in total. The highest BCUT2D eigenvalue weighted by Gasteiger charge is 2.67. The van der Waals surface area contributed by atoms with Gasteiger partial charge in [0.05, 0.1) is 30.0 Å². The van der Waals surface area contributed by atoms with Gasteiger partial charge < -0.3 is 24.6 Å². The highest BCUT2D eigenvalue weighted by molar-refractivity contribution is 5.80. The smallest absolute Gasteiger partial charge is 0.160 e. The summed E-state index contributed by atoms with van der Waals surface area (Å²) in [4.78, 5) is 12.4. The van der Waals surface area contributed by atoms with Gasteiger partial charge in [-0.1, -0.05) is 13.8 Å². The fourth-order valence-electron chi connectivity index (χ4n) is 9.94. The van der Waals surface area contributed by atoms with E-state index in [1.54, 1.807) is 14.0 Å².